The minimum absolute atomic E-state index is 0.0967. The summed E-state index contributed by atoms with van der Waals surface area (Å²) in [4.78, 5) is 0. The molecule has 0 radical (unpaired) electrons. The van der Waals surface area contributed by atoms with Crippen LogP contribution in [0.2, 0.25) is 0 Å². The number of alkyl halides is 2. The van der Waals surface area contributed by atoms with E-state index in [4.69, 9.17) is 5.10 Å². The lowest BCUT2D eigenvalue weighted by molar-refractivity contribution is 0.0473. The number of aliphatic hydroxyl groups is 1. The summed E-state index contributed by atoms with van der Waals surface area (Å²) in [5, 5.41) is 16.9. The highest BCUT2D eigenvalue weighted by Crippen LogP contribution is 2.39. The number of allylic oxidation sites excluding steroid dienone is 2. The first-order valence-corrected chi connectivity index (χ1v) is 13.0. The molecule has 33 heavy (non-hydrogen) atoms. The quantitative estimate of drug-likeness (QED) is 0.392. The van der Waals surface area contributed by atoms with Gasteiger partial charge in [-0.3, -0.25) is 8.89 Å². The van der Waals surface area contributed by atoms with Crippen LogP contribution in [0.15, 0.2) is 60.8 Å². The number of halogens is 2. The normalized spacial score (nSPS) is 16.2. The Morgan fingerprint density at radius 3 is 2.39 bits per heavy atom. The van der Waals surface area contributed by atoms with Gasteiger partial charge in [-0.15, -0.1) is 0 Å². The molecule has 1 heterocycles. The van der Waals surface area contributed by atoms with Gasteiger partial charge in [-0.2, -0.15) is 13.9 Å². The third kappa shape index (κ3) is 4.80. The largest absolute Gasteiger partial charge is 0.390 e. The maximum absolute atomic E-state index is 14.4. The maximum atomic E-state index is 14.4. The molecular formula is C26H32F2N2O2S. The Kier molecular flexibility index (Phi) is 7.85. The first-order valence-electron chi connectivity index (χ1n) is 11.3. The third-order valence-corrected chi connectivity index (χ3v) is 7.14. The summed E-state index contributed by atoms with van der Waals surface area (Å²) in [6.07, 6.45) is 6.56. The van der Waals surface area contributed by atoms with Crippen molar-refractivity contribution in [3.05, 3.63) is 77.5 Å². The lowest BCUT2D eigenvalue weighted by Crippen LogP contribution is -2.46. The summed E-state index contributed by atoms with van der Waals surface area (Å²) in [6.45, 7) is 5.44. The van der Waals surface area contributed by atoms with Crippen molar-refractivity contribution in [1.29, 1.82) is 0 Å². The number of rotatable bonds is 10. The number of hydrogen-bond donors (Lipinski definition) is 1. The number of benzene rings is 2. The first-order chi connectivity index (χ1) is 15.7. The molecule has 0 aliphatic rings. The number of fused-ring (bicyclic) bond motifs is 1. The van der Waals surface area contributed by atoms with Crippen LogP contribution in [0, 0.1) is 0 Å². The summed E-state index contributed by atoms with van der Waals surface area (Å²) in [5.74, 6) is -2.50. The Morgan fingerprint density at radius 2 is 1.82 bits per heavy atom. The molecule has 3 rings (SSSR count). The van der Waals surface area contributed by atoms with Crippen LogP contribution >= 0.6 is 0 Å². The molecule has 1 N–H and O–H groups in total. The SMILES string of the molecule is C/C=C/C(F)(F)c1ccc(C(CC)(C(O)CC)n2ncc3c(CCS(C)=O)cccc32)cc1. The molecule has 0 aliphatic carbocycles. The van der Waals surface area contributed by atoms with E-state index in [2.05, 4.69) is 0 Å². The second-order valence-corrected chi connectivity index (χ2v) is 9.89. The van der Waals surface area contributed by atoms with Crippen molar-refractivity contribution in [3.63, 3.8) is 0 Å². The number of hydrogen-bond acceptors (Lipinski definition) is 3. The van der Waals surface area contributed by atoms with E-state index >= 15 is 0 Å². The number of nitrogens with zero attached hydrogens (tertiary/aromatic N) is 2. The molecule has 4 nitrogen and oxygen atoms in total. The van der Waals surface area contributed by atoms with Crippen LogP contribution in [-0.4, -0.2) is 37.2 Å². The van der Waals surface area contributed by atoms with Gasteiger partial charge in [0.2, 0.25) is 0 Å². The van der Waals surface area contributed by atoms with E-state index in [1.807, 2.05) is 36.7 Å². The molecule has 2 aromatic carbocycles. The Labute approximate surface area is 196 Å². The molecule has 0 bridgehead atoms. The van der Waals surface area contributed by atoms with Gasteiger partial charge in [-0.1, -0.05) is 56.3 Å². The van der Waals surface area contributed by atoms with Crippen LogP contribution in [-0.2, 0) is 28.7 Å². The van der Waals surface area contributed by atoms with Crippen LogP contribution < -0.4 is 0 Å². The van der Waals surface area contributed by atoms with E-state index in [0.29, 0.717) is 25.0 Å². The van der Waals surface area contributed by atoms with E-state index in [1.54, 1.807) is 31.5 Å². The van der Waals surface area contributed by atoms with E-state index in [1.165, 1.54) is 18.2 Å². The van der Waals surface area contributed by atoms with Gasteiger partial charge in [0.15, 0.2) is 0 Å². The van der Waals surface area contributed by atoms with Crippen molar-refractivity contribution in [2.45, 2.75) is 57.6 Å². The van der Waals surface area contributed by atoms with Crippen molar-refractivity contribution >= 4 is 21.7 Å². The Bertz CT molecular complexity index is 1140. The van der Waals surface area contributed by atoms with Crippen molar-refractivity contribution in [2.75, 3.05) is 12.0 Å². The number of aryl methyl sites for hydroxylation is 1. The molecule has 0 fully saturated rings. The predicted octanol–water partition coefficient (Wildman–Crippen LogP) is 5.55. The molecule has 3 unspecified atom stereocenters. The van der Waals surface area contributed by atoms with Gasteiger partial charge in [0.25, 0.3) is 5.92 Å². The van der Waals surface area contributed by atoms with Crippen molar-refractivity contribution in [3.8, 4) is 0 Å². The fourth-order valence-electron chi connectivity index (χ4n) is 4.57. The van der Waals surface area contributed by atoms with E-state index in [-0.39, 0.29) is 5.56 Å². The zero-order valence-electron chi connectivity index (χ0n) is 19.6. The molecule has 0 aliphatic heterocycles. The van der Waals surface area contributed by atoms with Crippen molar-refractivity contribution in [2.24, 2.45) is 0 Å². The Hall–Kier alpha value is -2.38. The van der Waals surface area contributed by atoms with E-state index < -0.39 is 28.4 Å². The highest BCUT2D eigenvalue weighted by atomic mass is 32.2. The minimum Gasteiger partial charge on any atom is -0.390 e. The summed E-state index contributed by atoms with van der Waals surface area (Å²) in [7, 11) is -0.904. The molecule has 0 saturated carbocycles. The summed E-state index contributed by atoms with van der Waals surface area (Å²) in [5.41, 5.74) is 1.61. The van der Waals surface area contributed by atoms with Crippen molar-refractivity contribution < 1.29 is 18.1 Å². The van der Waals surface area contributed by atoms with E-state index in [0.717, 1.165) is 28.1 Å². The number of aromatic nitrogens is 2. The third-order valence-electron chi connectivity index (χ3n) is 6.36. The second-order valence-electron chi connectivity index (χ2n) is 8.34. The first kappa shape index (κ1) is 25.2. The molecule has 3 aromatic rings. The standard InChI is InChI=1S/C26H32F2N2O2S/c1-5-16-26(27,28)21-13-11-20(12-14-21)25(7-3,24(31)6-2)30-23-10-8-9-19(15-17-33(4)32)22(23)18-29-30/h5,8-14,16,18,24,31H,6-7,15,17H2,1-4H3/b16-5+. The molecule has 178 valence electrons. The van der Waals surface area contributed by atoms with Crippen LogP contribution in [0.5, 0.6) is 0 Å². The second kappa shape index (κ2) is 10.3. The van der Waals surface area contributed by atoms with Gasteiger partial charge in [-0.25, -0.2) is 0 Å². The monoisotopic (exact) mass is 474 g/mol. The number of aliphatic hydroxyl groups excluding tert-OH is 1. The maximum Gasteiger partial charge on any atom is 0.291 e. The topological polar surface area (TPSA) is 55.1 Å². The average Bonchev–Trinajstić information content (AvgIpc) is 3.24. The van der Waals surface area contributed by atoms with Gasteiger partial charge >= 0.3 is 0 Å². The predicted molar refractivity (Wildman–Crippen MR) is 131 cm³/mol. The molecule has 1 aromatic heterocycles. The molecule has 3 atom stereocenters. The molecule has 0 spiro atoms. The van der Waals surface area contributed by atoms with Gasteiger partial charge < -0.3 is 5.11 Å². The molecule has 7 heteroatoms. The summed E-state index contributed by atoms with van der Waals surface area (Å²) >= 11 is 0. The highest BCUT2D eigenvalue weighted by Gasteiger charge is 2.41. The minimum atomic E-state index is -3.06. The lowest BCUT2D eigenvalue weighted by atomic mass is 9.80. The smallest absolute Gasteiger partial charge is 0.291 e. The van der Waals surface area contributed by atoms with Gasteiger partial charge in [0.1, 0.15) is 5.54 Å². The Morgan fingerprint density at radius 1 is 1.15 bits per heavy atom. The Balaban J connectivity index is 2.17. The van der Waals surface area contributed by atoms with Crippen LogP contribution in [0.1, 0.15) is 50.3 Å². The van der Waals surface area contributed by atoms with E-state index in [9.17, 15) is 18.1 Å². The van der Waals surface area contributed by atoms with Gasteiger partial charge in [0.05, 0.1) is 17.8 Å². The van der Waals surface area contributed by atoms with Gasteiger partial charge in [0, 0.05) is 33.8 Å². The van der Waals surface area contributed by atoms with Gasteiger partial charge in [-0.05, 0) is 49.5 Å². The summed E-state index contributed by atoms with van der Waals surface area (Å²) in [6, 6.07) is 12.1. The van der Waals surface area contributed by atoms with Crippen LogP contribution in [0.25, 0.3) is 10.9 Å². The highest BCUT2D eigenvalue weighted by molar-refractivity contribution is 7.84. The summed E-state index contributed by atoms with van der Waals surface area (Å²) < 4.78 is 42.2. The lowest BCUT2D eigenvalue weighted by Gasteiger charge is -2.39. The molecule has 0 saturated heterocycles. The fraction of sp³-hybridized carbons (Fsp3) is 0.423. The van der Waals surface area contributed by atoms with Crippen LogP contribution in [0.4, 0.5) is 8.78 Å². The van der Waals surface area contributed by atoms with Crippen molar-refractivity contribution in [1.82, 2.24) is 9.78 Å². The molecular weight excluding hydrogens is 442 g/mol. The molecule has 0 amide bonds. The average molecular weight is 475 g/mol. The fourth-order valence-corrected chi connectivity index (χ4v) is 5.08. The zero-order valence-corrected chi connectivity index (χ0v) is 20.4. The van der Waals surface area contributed by atoms with Crippen LogP contribution in [0.3, 0.4) is 0 Å². The zero-order chi connectivity index (χ0) is 24.2.